The molecule has 0 fully saturated rings. The van der Waals surface area contributed by atoms with Gasteiger partial charge in [-0.2, -0.15) is 0 Å². The Labute approximate surface area is 95.7 Å². The Hall–Kier alpha value is -1.70. The monoisotopic (exact) mass is 213 g/mol. The maximum absolute atomic E-state index is 11.2. The van der Waals surface area contributed by atoms with Gasteiger partial charge in [0, 0.05) is 23.4 Å². The third-order valence-electron chi connectivity index (χ3n) is 2.87. The minimum Gasteiger partial charge on any atom is -0.295 e. The maximum Gasteiger partial charge on any atom is 0.159 e. The van der Waals surface area contributed by atoms with Crippen LogP contribution in [-0.4, -0.2) is 11.5 Å². The SMILES string of the molecule is CC(=O)c1ccc(C2=C(C)N=C(C)C2)cc1. The highest BCUT2D eigenvalue weighted by atomic mass is 16.1. The zero-order valence-corrected chi connectivity index (χ0v) is 9.87. The summed E-state index contributed by atoms with van der Waals surface area (Å²) in [7, 11) is 0. The molecule has 1 heterocycles. The van der Waals surface area contributed by atoms with Crippen LogP contribution in [0.15, 0.2) is 35.0 Å². The second-order valence-electron chi connectivity index (χ2n) is 4.22. The molecular weight excluding hydrogens is 198 g/mol. The molecule has 0 aliphatic carbocycles. The van der Waals surface area contributed by atoms with Gasteiger partial charge in [0.1, 0.15) is 0 Å². The largest absolute Gasteiger partial charge is 0.295 e. The summed E-state index contributed by atoms with van der Waals surface area (Å²) in [5.74, 6) is 0.108. The number of carbonyl (C=O) groups is 1. The van der Waals surface area contributed by atoms with Gasteiger partial charge in [-0.1, -0.05) is 24.3 Å². The number of Topliss-reactive ketones (excluding diaryl/α,β-unsaturated/α-hetero) is 1. The second-order valence-corrected chi connectivity index (χ2v) is 4.22. The van der Waals surface area contributed by atoms with Crippen LogP contribution in [0.3, 0.4) is 0 Å². The molecule has 0 unspecified atom stereocenters. The Morgan fingerprint density at radius 3 is 2.25 bits per heavy atom. The van der Waals surface area contributed by atoms with Crippen molar-refractivity contribution in [3.63, 3.8) is 0 Å². The van der Waals surface area contributed by atoms with E-state index in [1.807, 2.05) is 38.1 Å². The molecule has 0 amide bonds. The number of rotatable bonds is 2. The lowest BCUT2D eigenvalue weighted by atomic mass is 9.99. The summed E-state index contributed by atoms with van der Waals surface area (Å²) in [6, 6.07) is 7.77. The number of ketones is 1. The molecule has 1 aromatic carbocycles. The van der Waals surface area contributed by atoms with Crippen molar-refractivity contribution >= 4 is 17.1 Å². The van der Waals surface area contributed by atoms with Gasteiger partial charge in [0.2, 0.25) is 0 Å². The topological polar surface area (TPSA) is 29.4 Å². The fraction of sp³-hybridized carbons (Fsp3) is 0.286. The lowest BCUT2D eigenvalue weighted by Gasteiger charge is -2.04. The molecule has 2 nitrogen and oxygen atoms in total. The fourth-order valence-electron chi connectivity index (χ4n) is 1.99. The lowest BCUT2D eigenvalue weighted by Crippen LogP contribution is -1.93. The van der Waals surface area contributed by atoms with Crippen molar-refractivity contribution in [3.8, 4) is 0 Å². The van der Waals surface area contributed by atoms with Gasteiger partial charge in [0.15, 0.2) is 5.78 Å². The number of allylic oxidation sites excluding steroid dienone is 2. The fourth-order valence-corrected chi connectivity index (χ4v) is 1.99. The first kappa shape index (κ1) is 10.8. The van der Waals surface area contributed by atoms with E-state index in [-0.39, 0.29) is 5.78 Å². The van der Waals surface area contributed by atoms with E-state index in [2.05, 4.69) is 4.99 Å². The predicted molar refractivity (Wildman–Crippen MR) is 66.8 cm³/mol. The first-order valence-electron chi connectivity index (χ1n) is 5.43. The Kier molecular flexibility index (Phi) is 2.73. The molecule has 1 aromatic rings. The summed E-state index contributed by atoms with van der Waals surface area (Å²) in [5.41, 5.74) is 5.45. The Morgan fingerprint density at radius 2 is 1.81 bits per heavy atom. The lowest BCUT2D eigenvalue weighted by molar-refractivity contribution is 0.101. The van der Waals surface area contributed by atoms with Crippen molar-refractivity contribution in [2.24, 2.45) is 4.99 Å². The average Bonchev–Trinajstić information content (AvgIpc) is 2.58. The molecule has 2 heteroatoms. The molecule has 0 saturated heterocycles. The van der Waals surface area contributed by atoms with Gasteiger partial charge in [-0.25, -0.2) is 0 Å². The molecule has 2 rings (SSSR count). The molecule has 1 aliphatic rings. The van der Waals surface area contributed by atoms with E-state index >= 15 is 0 Å². The molecule has 0 saturated carbocycles. The van der Waals surface area contributed by atoms with Crippen molar-refractivity contribution in [1.29, 1.82) is 0 Å². The second kappa shape index (κ2) is 4.05. The van der Waals surface area contributed by atoms with E-state index in [1.54, 1.807) is 6.92 Å². The standard InChI is InChI=1S/C14H15NO/c1-9-8-14(10(2)15-9)13-6-4-12(5-7-13)11(3)16/h4-7H,8H2,1-3H3. The van der Waals surface area contributed by atoms with Crippen LogP contribution in [0.2, 0.25) is 0 Å². The molecule has 0 atom stereocenters. The number of carbonyl (C=O) groups excluding carboxylic acids is 1. The molecule has 0 spiro atoms. The van der Waals surface area contributed by atoms with Crippen LogP contribution in [0.5, 0.6) is 0 Å². The van der Waals surface area contributed by atoms with E-state index in [0.29, 0.717) is 0 Å². The molecular formula is C14H15NO. The van der Waals surface area contributed by atoms with E-state index < -0.39 is 0 Å². The minimum atomic E-state index is 0.108. The van der Waals surface area contributed by atoms with Gasteiger partial charge in [-0.15, -0.1) is 0 Å². The Balaban J connectivity index is 2.31. The van der Waals surface area contributed by atoms with Gasteiger partial charge in [0.25, 0.3) is 0 Å². The normalized spacial score (nSPS) is 15.3. The molecule has 0 aromatic heterocycles. The van der Waals surface area contributed by atoms with Gasteiger partial charge in [0.05, 0.1) is 0 Å². The van der Waals surface area contributed by atoms with Crippen molar-refractivity contribution < 1.29 is 4.79 Å². The molecule has 1 aliphatic heterocycles. The van der Waals surface area contributed by atoms with Crippen molar-refractivity contribution in [3.05, 3.63) is 41.1 Å². The van der Waals surface area contributed by atoms with Gasteiger partial charge < -0.3 is 0 Å². The average molecular weight is 213 g/mol. The Bertz CT molecular complexity index is 492. The summed E-state index contributed by atoms with van der Waals surface area (Å²) in [6.45, 7) is 5.66. The van der Waals surface area contributed by atoms with Crippen LogP contribution in [-0.2, 0) is 0 Å². The molecule has 82 valence electrons. The van der Waals surface area contributed by atoms with Crippen molar-refractivity contribution in [1.82, 2.24) is 0 Å². The third kappa shape index (κ3) is 1.96. The smallest absolute Gasteiger partial charge is 0.159 e. The van der Waals surface area contributed by atoms with Crippen LogP contribution in [0.25, 0.3) is 5.57 Å². The van der Waals surface area contributed by atoms with Gasteiger partial charge >= 0.3 is 0 Å². The van der Waals surface area contributed by atoms with E-state index in [4.69, 9.17) is 0 Å². The van der Waals surface area contributed by atoms with Crippen LogP contribution in [0.4, 0.5) is 0 Å². The first-order chi connectivity index (χ1) is 7.58. The van der Waals surface area contributed by atoms with E-state index in [9.17, 15) is 4.79 Å². The zero-order valence-electron chi connectivity index (χ0n) is 9.87. The van der Waals surface area contributed by atoms with Crippen molar-refractivity contribution in [2.75, 3.05) is 0 Å². The summed E-state index contributed by atoms with van der Waals surface area (Å²) in [4.78, 5) is 15.6. The van der Waals surface area contributed by atoms with Crippen LogP contribution >= 0.6 is 0 Å². The van der Waals surface area contributed by atoms with E-state index in [0.717, 1.165) is 23.4 Å². The summed E-state index contributed by atoms with van der Waals surface area (Å²) >= 11 is 0. The molecule has 0 N–H and O–H groups in total. The summed E-state index contributed by atoms with van der Waals surface area (Å²) < 4.78 is 0. The highest BCUT2D eigenvalue weighted by molar-refractivity contribution is 5.99. The number of hydrogen-bond acceptors (Lipinski definition) is 2. The molecule has 16 heavy (non-hydrogen) atoms. The Morgan fingerprint density at radius 1 is 1.19 bits per heavy atom. The summed E-state index contributed by atoms with van der Waals surface area (Å²) in [6.07, 6.45) is 0.922. The number of hydrogen-bond donors (Lipinski definition) is 0. The maximum atomic E-state index is 11.2. The number of nitrogens with zero attached hydrogens (tertiary/aromatic N) is 1. The van der Waals surface area contributed by atoms with Crippen molar-refractivity contribution in [2.45, 2.75) is 27.2 Å². The van der Waals surface area contributed by atoms with Gasteiger partial charge in [-0.3, -0.25) is 9.79 Å². The highest BCUT2D eigenvalue weighted by Crippen LogP contribution is 2.28. The number of aliphatic imine (C=N–C) groups is 1. The molecule has 0 bridgehead atoms. The quantitative estimate of drug-likeness (QED) is 0.691. The highest BCUT2D eigenvalue weighted by Gasteiger charge is 2.13. The van der Waals surface area contributed by atoms with Gasteiger partial charge in [-0.05, 0) is 31.9 Å². The van der Waals surface area contributed by atoms with Crippen LogP contribution < -0.4 is 0 Å². The minimum absolute atomic E-state index is 0.108. The summed E-state index contributed by atoms with van der Waals surface area (Å²) in [5, 5.41) is 0. The zero-order chi connectivity index (χ0) is 11.7. The molecule has 0 radical (unpaired) electrons. The first-order valence-corrected chi connectivity index (χ1v) is 5.43. The predicted octanol–water partition coefficient (Wildman–Crippen LogP) is 3.48. The van der Waals surface area contributed by atoms with E-state index in [1.165, 1.54) is 11.1 Å². The number of benzene rings is 1. The van der Waals surface area contributed by atoms with Crippen LogP contribution in [0, 0.1) is 0 Å². The van der Waals surface area contributed by atoms with Crippen LogP contribution in [0.1, 0.15) is 43.1 Å². The third-order valence-corrected chi connectivity index (χ3v) is 2.87.